The summed E-state index contributed by atoms with van der Waals surface area (Å²) >= 11 is 1.39. The number of para-hydroxylation sites is 1. The number of carbonyl (C=O) groups is 3. The number of fused-ring (bicyclic) bond motifs is 2. The first-order valence-corrected chi connectivity index (χ1v) is 15.4. The number of anilines is 1. The fraction of sp³-hybridized carbons (Fsp3) is 0.323. The Morgan fingerprint density at radius 2 is 1.95 bits per heavy atom. The molecule has 0 bridgehead atoms. The number of thiazole rings is 1. The number of nitrogens with two attached hydrogens (primary N) is 1. The Labute approximate surface area is 258 Å². The Morgan fingerprint density at radius 1 is 1.14 bits per heavy atom. The number of nitrogens with one attached hydrogen (secondary N) is 1. The first-order chi connectivity index (χ1) is 21.3. The van der Waals surface area contributed by atoms with Gasteiger partial charge in [-0.05, 0) is 35.7 Å². The number of nitrogens with zero attached hydrogens (tertiary/aromatic N) is 6. The second-order valence-electron chi connectivity index (χ2n) is 10.9. The van der Waals surface area contributed by atoms with Crippen molar-refractivity contribution >= 4 is 44.5 Å². The Bertz CT molecular complexity index is 1660. The molecule has 2 aromatic carbocycles. The molecule has 2 aliphatic heterocycles. The van der Waals surface area contributed by atoms with Crippen LogP contribution >= 0.6 is 11.3 Å². The molecule has 0 saturated carbocycles. The number of carbonyl (C=O) groups excluding carboxylic acids is 3. The number of nitrogen functional groups attached to an aromatic ring is 1. The second-order valence-corrected chi connectivity index (χ2v) is 12.0. The zero-order chi connectivity index (χ0) is 30.8. The zero-order valence-corrected chi connectivity index (χ0v) is 25.1. The minimum Gasteiger partial charge on any atom is -0.506 e. The van der Waals surface area contributed by atoms with Gasteiger partial charge in [0, 0.05) is 31.7 Å². The number of rotatable bonds is 9. The number of hydrogen-bond donors (Lipinski definition) is 3. The number of amides is 4. The molecule has 228 valence electrons. The highest BCUT2D eigenvalue weighted by molar-refractivity contribution is 7.22. The van der Waals surface area contributed by atoms with Crippen molar-refractivity contribution < 1.29 is 19.5 Å². The van der Waals surface area contributed by atoms with Gasteiger partial charge in [0.25, 0.3) is 0 Å². The molecule has 4 heterocycles. The van der Waals surface area contributed by atoms with E-state index in [0.717, 1.165) is 21.3 Å². The molecule has 13 heteroatoms. The van der Waals surface area contributed by atoms with Gasteiger partial charge < -0.3 is 26.0 Å². The molecule has 0 aliphatic carbocycles. The smallest absolute Gasteiger partial charge is 0.332 e. The van der Waals surface area contributed by atoms with Gasteiger partial charge in [0.15, 0.2) is 5.13 Å². The summed E-state index contributed by atoms with van der Waals surface area (Å²) in [7, 11) is 0. The van der Waals surface area contributed by atoms with Gasteiger partial charge >= 0.3 is 6.03 Å². The monoisotopic (exact) mass is 614 g/mol. The third-order valence-corrected chi connectivity index (χ3v) is 8.77. The van der Waals surface area contributed by atoms with E-state index in [9.17, 15) is 19.5 Å². The molecule has 0 radical (unpaired) electrons. The highest BCUT2D eigenvalue weighted by atomic mass is 32.1. The number of aromatic nitrogens is 2. The van der Waals surface area contributed by atoms with Crippen molar-refractivity contribution in [1.82, 2.24) is 35.1 Å². The third kappa shape index (κ3) is 5.88. The third-order valence-electron chi connectivity index (χ3n) is 7.92. The summed E-state index contributed by atoms with van der Waals surface area (Å²) in [6.07, 6.45) is 1.58. The molecule has 2 fully saturated rings. The summed E-state index contributed by atoms with van der Waals surface area (Å²) in [6.45, 7) is 3.14. The highest BCUT2D eigenvalue weighted by Gasteiger charge is 2.52. The Morgan fingerprint density at radius 3 is 2.70 bits per heavy atom. The van der Waals surface area contributed by atoms with Crippen LogP contribution in [-0.2, 0) is 29.1 Å². The Balaban J connectivity index is 1.31. The van der Waals surface area contributed by atoms with Crippen LogP contribution < -0.4 is 11.1 Å². The number of hydrogen-bond acceptors (Lipinski definition) is 9. The Kier molecular flexibility index (Phi) is 8.31. The quantitative estimate of drug-likeness (QED) is 0.261. The number of piperazine rings is 1. The molecule has 2 saturated heterocycles. The number of hydrazine groups is 1. The zero-order valence-electron chi connectivity index (χ0n) is 24.3. The van der Waals surface area contributed by atoms with Crippen LogP contribution in [0.3, 0.4) is 0 Å². The minimum atomic E-state index is -0.848. The van der Waals surface area contributed by atoms with Crippen molar-refractivity contribution in [2.24, 2.45) is 0 Å². The summed E-state index contributed by atoms with van der Waals surface area (Å²) in [5.41, 5.74) is 9.12. The molecular formula is C31H34N8O4S. The van der Waals surface area contributed by atoms with Crippen molar-refractivity contribution in [1.29, 1.82) is 0 Å². The molecule has 6 rings (SSSR count). The summed E-state index contributed by atoms with van der Waals surface area (Å²) < 4.78 is 0.929. The average molecular weight is 615 g/mol. The van der Waals surface area contributed by atoms with Gasteiger partial charge in [-0.3, -0.25) is 19.6 Å². The van der Waals surface area contributed by atoms with Gasteiger partial charge in [-0.15, -0.1) is 0 Å². The average Bonchev–Trinajstić information content (AvgIpc) is 3.57. The maximum absolute atomic E-state index is 14.1. The fourth-order valence-corrected chi connectivity index (χ4v) is 6.69. The van der Waals surface area contributed by atoms with Crippen LogP contribution in [0, 0.1) is 0 Å². The molecule has 4 aromatic rings. The first kappa shape index (κ1) is 29.3. The largest absolute Gasteiger partial charge is 0.506 e. The second kappa shape index (κ2) is 12.5. The van der Waals surface area contributed by atoms with Crippen LogP contribution in [-0.4, -0.2) is 84.6 Å². The topological polar surface area (TPSA) is 148 Å². The standard InChI is InChI=1S/C31H34N8O4S/c1-2-13-37(31(43)34-15-20-7-4-3-5-8-20)38-19-27(41)39-24(14-22-11-12-23(40)16-33-22)29(42)36(18-26(38)39)17-21-9-6-10-25-28(21)35-30(32)44-25/h3-12,16,24,26,40H,2,13-15,17-19H2,1H3,(H2,32,35)(H,34,43)/t24-,26+/m0/s1. The van der Waals surface area contributed by atoms with Crippen molar-refractivity contribution in [3.63, 3.8) is 0 Å². The molecule has 0 spiro atoms. The normalized spacial score (nSPS) is 18.6. The van der Waals surface area contributed by atoms with Crippen molar-refractivity contribution in [2.75, 3.05) is 25.4 Å². The van der Waals surface area contributed by atoms with Crippen molar-refractivity contribution in [3.05, 3.63) is 83.7 Å². The van der Waals surface area contributed by atoms with Crippen LogP contribution in [0.4, 0.5) is 9.93 Å². The van der Waals surface area contributed by atoms with E-state index >= 15 is 0 Å². The maximum Gasteiger partial charge on any atom is 0.332 e. The predicted molar refractivity (Wildman–Crippen MR) is 166 cm³/mol. The van der Waals surface area contributed by atoms with E-state index in [1.54, 1.807) is 25.9 Å². The van der Waals surface area contributed by atoms with Gasteiger partial charge in [0.05, 0.1) is 29.5 Å². The lowest BCUT2D eigenvalue weighted by Crippen LogP contribution is -2.66. The van der Waals surface area contributed by atoms with Crippen LogP contribution in [0.1, 0.15) is 30.2 Å². The number of pyridine rings is 1. The van der Waals surface area contributed by atoms with Crippen molar-refractivity contribution in [3.8, 4) is 5.75 Å². The lowest BCUT2D eigenvalue weighted by molar-refractivity contribution is -0.157. The van der Waals surface area contributed by atoms with E-state index < -0.39 is 12.2 Å². The van der Waals surface area contributed by atoms with E-state index in [1.807, 2.05) is 55.5 Å². The number of aromatic hydroxyl groups is 1. The van der Waals surface area contributed by atoms with E-state index in [-0.39, 0.29) is 49.7 Å². The summed E-state index contributed by atoms with van der Waals surface area (Å²) in [4.78, 5) is 53.5. The van der Waals surface area contributed by atoms with Gasteiger partial charge in [-0.1, -0.05) is 60.7 Å². The van der Waals surface area contributed by atoms with Crippen molar-refractivity contribution in [2.45, 2.75) is 45.1 Å². The Hall–Kier alpha value is -4.75. The first-order valence-electron chi connectivity index (χ1n) is 14.6. The van der Waals surface area contributed by atoms with Crippen LogP contribution in [0.25, 0.3) is 10.2 Å². The number of benzene rings is 2. The molecule has 4 amide bonds. The van der Waals surface area contributed by atoms with Crippen LogP contribution in [0.5, 0.6) is 5.75 Å². The van der Waals surface area contributed by atoms with Gasteiger partial charge in [0.2, 0.25) is 11.8 Å². The van der Waals surface area contributed by atoms with Gasteiger partial charge in [-0.25, -0.2) is 9.78 Å². The van der Waals surface area contributed by atoms with E-state index in [0.29, 0.717) is 30.3 Å². The van der Waals surface area contributed by atoms with E-state index in [2.05, 4.69) is 15.3 Å². The summed E-state index contributed by atoms with van der Waals surface area (Å²) in [5, 5.41) is 16.6. The fourth-order valence-electron chi connectivity index (χ4n) is 5.91. The molecule has 2 atom stereocenters. The van der Waals surface area contributed by atoms with E-state index in [4.69, 9.17) is 5.73 Å². The predicted octanol–water partition coefficient (Wildman–Crippen LogP) is 2.94. The molecular weight excluding hydrogens is 580 g/mol. The molecule has 4 N–H and O–H groups in total. The molecule has 12 nitrogen and oxygen atoms in total. The lowest BCUT2D eigenvalue weighted by atomic mass is 10.0. The SMILES string of the molecule is CCCN(C(=O)NCc1ccccc1)N1CC(=O)N2[C@@H](Cc3ccc(O)cn3)C(=O)N(Cc3cccc4sc(N)nc34)C[C@@H]21. The summed E-state index contributed by atoms with van der Waals surface area (Å²) in [6, 6.07) is 17.4. The lowest BCUT2D eigenvalue weighted by Gasteiger charge is -2.46. The molecule has 2 aliphatic rings. The molecule has 2 aromatic heterocycles. The van der Waals surface area contributed by atoms with Gasteiger partial charge in [0.1, 0.15) is 18.0 Å². The highest BCUT2D eigenvalue weighted by Crippen LogP contribution is 2.32. The molecule has 44 heavy (non-hydrogen) atoms. The van der Waals surface area contributed by atoms with Gasteiger partial charge in [-0.2, -0.15) is 5.01 Å². The van der Waals surface area contributed by atoms with E-state index in [1.165, 1.54) is 23.6 Å². The van der Waals surface area contributed by atoms with Crippen LogP contribution in [0.2, 0.25) is 0 Å². The van der Waals surface area contributed by atoms with Crippen LogP contribution in [0.15, 0.2) is 66.9 Å². The number of urea groups is 1. The molecule has 0 unspecified atom stereocenters. The maximum atomic E-state index is 14.1. The minimum absolute atomic E-state index is 0.0130. The summed E-state index contributed by atoms with van der Waals surface area (Å²) in [5.74, 6) is -0.445.